The summed E-state index contributed by atoms with van der Waals surface area (Å²) in [5, 5.41) is 4.11. The predicted octanol–water partition coefficient (Wildman–Crippen LogP) is 5.15. The van der Waals surface area contributed by atoms with Gasteiger partial charge in [-0.05, 0) is 86.9 Å². The van der Waals surface area contributed by atoms with E-state index in [-0.39, 0.29) is 17.9 Å². The summed E-state index contributed by atoms with van der Waals surface area (Å²) in [5.41, 5.74) is 5.61. The number of thiocarbonyl (C=S) groups is 1. The fourth-order valence-corrected chi connectivity index (χ4v) is 4.89. The van der Waals surface area contributed by atoms with Gasteiger partial charge in [-0.25, -0.2) is 4.39 Å². The molecule has 2 fully saturated rings. The summed E-state index contributed by atoms with van der Waals surface area (Å²) < 4.78 is 16.0. The third-order valence-electron chi connectivity index (χ3n) is 5.96. The Balaban J connectivity index is 1.66. The van der Waals surface area contributed by atoms with Gasteiger partial charge in [0.05, 0.1) is 17.8 Å². The maximum atomic E-state index is 13.6. The lowest BCUT2D eigenvalue weighted by Crippen LogP contribution is -2.29. The Morgan fingerprint density at radius 2 is 1.86 bits per heavy atom. The molecule has 2 atom stereocenters. The quantitative estimate of drug-likeness (QED) is 0.608. The van der Waals surface area contributed by atoms with E-state index in [0.29, 0.717) is 11.2 Å². The summed E-state index contributed by atoms with van der Waals surface area (Å²) in [6.07, 6.45) is 4.29. The van der Waals surface area contributed by atoms with E-state index in [9.17, 15) is 4.39 Å². The second-order valence-electron chi connectivity index (χ2n) is 7.90. The van der Waals surface area contributed by atoms with Crippen LogP contribution in [0.15, 0.2) is 54.7 Å². The van der Waals surface area contributed by atoms with E-state index in [1.165, 1.54) is 41.9 Å². The zero-order chi connectivity index (χ0) is 20.1. The number of aromatic nitrogens is 2. The molecule has 0 bridgehead atoms. The minimum atomic E-state index is -0.253. The van der Waals surface area contributed by atoms with Crippen molar-refractivity contribution >= 4 is 23.0 Å². The Kier molecular flexibility index (Phi) is 4.39. The zero-order valence-corrected chi connectivity index (χ0v) is 17.3. The van der Waals surface area contributed by atoms with Crippen LogP contribution in [0, 0.1) is 19.7 Å². The average Bonchev–Trinajstić information content (AvgIpc) is 3.43. The molecule has 3 heterocycles. The van der Waals surface area contributed by atoms with E-state index in [4.69, 9.17) is 12.2 Å². The van der Waals surface area contributed by atoms with Gasteiger partial charge in [-0.1, -0.05) is 6.07 Å². The summed E-state index contributed by atoms with van der Waals surface area (Å²) in [6.45, 7) is 4.37. The minimum Gasteiger partial charge on any atom is -0.351 e. The number of aryl methyl sites for hydroxylation is 1. The highest BCUT2D eigenvalue weighted by atomic mass is 32.1. The van der Waals surface area contributed by atoms with Gasteiger partial charge in [-0.2, -0.15) is 0 Å². The molecule has 1 N–H and O–H groups in total. The SMILES string of the molecule is Cc1cc(C2C(c3ccccn3)NC(=S)N2c2ccc(F)cc2)c(C)n1C1CC1. The number of halogens is 1. The van der Waals surface area contributed by atoms with Crippen LogP contribution in [-0.2, 0) is 0 Å². The number of nitrogens with one attached hydrogen (secondary N) is 1. The van der Waals surface area contributed by atoms with Crippen LogP contribution in [0.25, 0.3) is 0 Å². The molecule has 1 aliphatic heterocycles. The van der Waals surface area contributed by atoms with Crippen LogP contribution in [0.3, 0.4) is 0 Å². The maximum Gasteiger partial charge on any atom is 0.174 e. The lowest BCUT2D eigenvalue weighted by molar-refractivity contribution is 0.562. The molecule has 1 saturated heterocycles. The first kappa shape index (κ1) is 18.3. The summed E-state index contributed by atoms with van der Waals surface area (Å²) in [4.78, 5) is 6.71. The van der Waals surface area contributed by atoms with Gasteiger partial charge in [-0.15, -0.1) is 0 Å². The molecular formula is C23H23FN4S. The van der Waals surface area contributed by atoms with Crippen molar-refractivity contribution in [2.45, 2.75) is 44.8 Å². The van der Waals surface area contributed by atoms with Gasteiger partial charge in [0.1, 0.15) is 5.82 Å². The van der Waals surface area contributed by atoms with E-state index in [0.717, 1.165) is 11.4 Å². The molecule has 0 spiro atoms. The van der Waals surface area contributed by atoms with Crippen LogP contribution in [0.4, 0.5) is 10.1 Å². The molecule has 1 aliphatic carbocycles. The molecule has 148 valence electrons. The van der Waals surface area contributed by atoms with Crippen LogP contribution in [-0.4, -0.2) is 14.7 Å². The molecule has 1 saturated carbocycles. The Hall–Kier alpha value is -2.73. The van der Waals surface area contributed by atoms with Crippen LogP contribution in [0.5, 0.6) is 0 Å². The maximum absolute atomic E-state index is 13.6. The first-order valence-electron chi connectivity index (χ1n) is 9.99. The number of hydrogen-bond acceptors (Lipinski definition) is 2. The molecule has 1 aromatic carbocycles. The largest absolute Gasteiger partial charge is 0.351 e. The van der Waals surface area contributed by atoms with Crippen molar-refractivity contribution in [3.8, 4) is 0 Å². The number of hydrogen-bond donors (Lipinski definition) is 1. The first-order chi connectivity index (χ1) is 14.0. The second-order valence-corrected chi connectivity index (χ2v) is 8.29. The van der Waals surface area contributed by atoms with Crippen LogP contribution < -0.4 is 10.2 Å². The summed E-state index contributed by atoms with van der Waals surface area (Å²) in [5.74, 6) is -0.253. The topological polar surface area (TPSA) is 33.1 Å². The van der Waals surface area contributed by atoms with Gasteiger partial charge in [-0.3, -0.25) is 4.98 Å². The van der Waals surface area contributed by atoms with E-state index in [2.05, 4.69) is 39.7 Å². The molecule has 2 aliphatic rings. The number of rotatable bonds is 4. The number of anilines is 1. The van der Waals surface area contributed by atoms with Gasteiger partial charge in [0.15, 0.2) is 5.11 Å². The second kappa shape index (κ2) is 6.95. The molecular weight excluding hydrogens is 383 g/mol. The van der Waals surface area contributed by atoms with Crippen molar-refractivity contribution in [3.63, 3.8) is 0 Å². The molecule has 3 aromatic rings. The fourth-order valence-electron chi connectivity index (χ4n) is 4.55. The Morgan fingerprint density at radius 1 is 1.10 bits per heavy atom. The highest BCUT2D eigenvalue weighted by molar-refractivity contribution is 7.80. The Labute approximate surface area is 175 Å². The normalized spacial score (nSPS) is 21.5. The van der Waals surface area contributed by atoms with Gasteiger partial charge < -0.3 is 14.8 Å². The van der Waals surface area contributed by atoms with Crippen LogP contribution in [0.2, 0.25) is 0 Å². The molecule has 0 amide bonds. The monoisotopic (exact) mass is 406 g/mol. The molecule has 6 heteroatoms. The standard InChI is InChI=1S/C23H23FN4S/c1-14-13-19(15(2)27(14)17-10-11-17)22-21(20-5-3-4-12-25-20)26-23(29)28(22)18-8-6-16(24)7-9-18/h3-9,12-13,17,21-22H,10-11H2,1-2H3,(H,26,29). The molecule has 2 unspecified atom stereocenters. The van der Waals surface area contributed by atoms with Crippen LogP contribution >= 0.6 is 12.2 Å². The minimum absolute atomic E-state index is 0.0541. The zero-order valence-electron chi connectivity index (χ0n) is 16.5. The molecule has 2 aromatic heterocycles. The smallest absolute Gasteiger partial charge is 0.174 e. The van der Waals surface area contributed by atoms with Gasteiger partial charge >= 0.3 is 0 Å². The Morgan fingerprint density at radius 3 is 2.52 bits per heavy atom. The van der Waals surface area contributed by atoms with Crippen LogP contribution in [0.1, 0.15) is 53.6 Å². The molecule has 5 rings (SSSR count). The highest BCUT2D eigenvalue weighted by Crippen LogP contribution is 2.46. The van der Waals surface area contributed by atoms with E-state index >= 15 is 0 Å². The average molecular weight is 407 g/mol. The van der Waals surface area contributed by atoms with E-state index < -0.39 is 0 Å². The first-order valence-corrected chi connectivity index (χ1v) is 10.4. The highest BCUT2D eigenvalue weighted by Gasteiger charge is 2.42. The third kappa shape index (κ3) is 3.12. The summed E-state index contributed by atoms with van der Waals surface area (Å²) in [6, 6.07) is 15.2. The number of benzene rings is 1. The van der Waals surface area contributed by atoms with Gasteiger partial charge in [0, 0.05) is 29.3 Å². The number of nitrogens with zero attached hydrogens (tertiary/aromatic N) is 3. The predicted molar refractivity (Wildman–Crippen MR) is 117 cm³/mol. The third-order valence-corrected chi connectivity index (χ3v) is 6.27. The molecule has 0 radical (unpaired) electrons. The van der Waals surface area contributed by atoms with Crippen molar-refractivity contribution in [1.29, 1.82) is 0 Å². The van der Waals surface area contributed by atoms with Gasteiger partial charge in [0.2, 0.25) is 0 Å². The van der Waals surface area contributed by atoms with Crippen molar-refractivity contribution in [2.75, 3.05) is 4.90 Å². The van der Waals surface area contributed by atoms with Crippen molar-refractivity contribution in [1.82, 2.24) is 14.9 Å². The number of pyridine rings is 1. The van der Waals surface area contributed by atoms with Crippen molar-refractivity contribution in [2.24, 2.45) is 0 Å². The van der Waals surface area contributed by atoms with Crippen molar-refractivity contribution < 1.29 is 4.39 Å². The van der Waals surface area contributed by atoms with E-state index in [1.54, 1.807) is 12.1 Å². The summed E-state index contributed by atoms with van der Waals surface area (Å²) >= 11 is 5.74. The molecule has 4 nitrogen and oxygen atoms in total. The Bertz CT molecular complexity index is 1060. The van der Waals surface area contributed by atoms with Gasteiger partial charge in [0.25, 0.3) is 0 Å². The fraction of sp³-hybridized carbons (Fsp3) is 0.304. The van der Waals surface area contributed by atoms with Crippen molar-refractivity contribution in [3.05, 3.63) is 83.2 Å². The lowest BCUT2D eigenvalue weighted by Gasteiger charge is -2.28. The summed E-state index contributed by atoms with van der Waals surface area (Å²) in [7, 11) is 0. The molecule has 29 heavy (non-hydrogen) atoms. The van der Waals surface area contributed by atoms with E-state index in [1.807, 2.05) is 24.4 Å². The lowest BCUT2D eigenvalue weighted by atomic mass is 9.96.